The molecule has 3 aromatic rings. The highest BCUT2D eigenvalue weighted by molar-refractivity contribution is 5.88. The van der Waals surface area contributed by atoms with Crippen molar-refractivity contribution in [1.82, 2.24) is 0 Å². The van der Waals surface area contributed by atoms with E-state index in [4.69, 9.17) is 0 Å². The minimum absolute atomic E-state index is 0.787. The lowest BCUT2D eigenvalue weighted by atomic mass is 9.98. The third-order valence-corrected chi connectivity index (χ3v) is 3.52. The van der Waals surface area contributed by atoms with Gasteiger partial charge in [0.15, 0.2) is 0 Å². The minimum Gasteiger partial charge on any atom is -0.0931 e. The second kappa shape index (κ2) is 5.63. The van der Waals surface area contributed by atoms with Gasteiger partial charge in [-0.05, 0) is 41.0 Å². The van der Waals surface area contributed by atoms with Crippen molar-refractivity contribution in [3.8, 4) is 11.8 Å². The zero-order chi connectivity index (χ0) is 13.8. The average molecular weight is 256 g/mol. The molecule has 0 spiro atoms. The van der Waals surface area contributed by atoms with Crippen molar-refractivity contribution in [2.45, 2.75) is 13.3 Å². The molecule has 0 saturated heterocycles. The van der Waals surface area contributed by atoms with Crippen LogP contribution in [0.25, 0.3) is 10.8 Å². The Balaban J connectivity index is 1.93. The Hall–Kier alpha value is -2.52. The van der Waals surface area contributed by atoms with E-state index < -0.39 is 0 Å². The summed E-state index contributed by atoms with van der Waals surface area (Å²) in [5.41, 5.74) is 3.69. The molecule has 0 heterocycles. The maximum absolute atomic E-state index is 3.28. The van der Waals surface area contributed by atoms with E-state index in [1.54, 1.807) is 0 Å². The van der Waals surface area contributed by atoms with Crippen LogP contribution in [0.1, 0.15) is 16.7 Å². The molecule has 0 unspecified atom stereocenters. The molecule has 96 valence electrons. The number of aryl methyl sites for hydroxylation is 1. The van der Waals surface area contributed by atoms with Crippen molar-refractivity contribution in [2.24, 2.45) is 0 Å². The highest BCUT2D eigenvalue weighted by atomic mass is 14.0. The van der Waals surface area contributed by atoms with Crippen molar-refractivity contribution in [1.29, 1.82) is 0 Å². The summed E-state index contributed by atoms with van der Waals surface area (Å²) in [5, 5.41) is 2.64. The van der Waals surface area contributed by atoms with Crippen LogP contribution in [0.3, 0.4) is 0 Å². The molecule has 0 nitrogen and oxygen atoms in total. The number of benzene rings is 3. The minimum atomic E-state index is 0.787. The van der Waals surface area contributed by atoms with Gasteiger partial charge in [-0.25, -0.2) is 0 Å². The SMILES string of the molecule is Cc1ccc(CC#Cc2ccccc2)c2ccccc12. The first kappa shape index (κ1) is 12.5. The van der Waals surface area contributed by atoms with E-state index in [0.717, 1.165) is 12.0 Å². The molecule has 3 rings (SSSR count). The molecule has 0 aromatic heterocycles. The highest BCUT2D eigenvalue weighted by Crippen LogP contribution is 2.22. The molecule has 0 amide bonds. The topological polar surface area (TPSA) is 0 Å². The van der Waals surface area contributed by atoms with Crippen molar-refractivity contribution >= 4 is 10.8 Å². The molecular formula is C20H16. The van der Waals surface area contributed by atoms with Crippen LogP contribution in [-0.4, -0.2) is 0 Å². The predicted molar refractivity (Wildman–Crippen MR) is 85.7 cm³/mol. The maximum Gasteiger partial charge on any atom is 0.0350 e. The monoisotopic (exact) mass is 256 g/mol. The highest BCUT2D eigenvalue weighted by Gasteiger charge is 2.01. The Morgan fingerprint density at radius 1 is 0.750 bits per heavy atom. The van der Waals surface area contributed by atoms with Gasteiger partial charge < -0.3 is 0 Å². The molecule has 0 aliphatic rings. The fourth-order valence-electron chi connectivity index (χ4n) is 2.43. The van der Waals surface area contributed by atoms with Gasteiger partial charge >= 0.3 is 0 Å². The fourth-order valence-corrected chi connectivity index (χ4v) is 2.43. The number of hydrogen-bond acceptors (Lipinski definition) is 0. The third-order valence-electron chi connectivity index (χ3n) is 3.52. The van der Waals surface area contributed by atoms with Crippen LogP contribution in [-0.2, 0) is 6.42 Å². The lowest BCUT2D eigenvalue weighted by molar-refractivity contribution is 1.34. The zero-order valence-electron chi connectivity index (χ0n) is 11.6. The zero-order valence-corrected chi connectivity index (χ0v) is 11.6. The van der Waals surface area contributed by atoms with E-state index in [2.05, 4.69) is 55.2 Å². The molecule has 0 atom stereocenters. The molecule has 0 radical (unpaired) electrons. The van der Waals surface area contributed by atoms with Crippen LogP contribution in [0.4, 0.5) is 0 Å². The molecule has 0 heteroatoms. The van der Waals surface area contributed by atoms with E-state index in [1.165, 1.54) is 21.9 Å². The van der Waals surface area contributed by atoms with E-state index in [-0.39, 0.29) is 0 Å². The van der Waals surface area contributed by atoms with Crippen LogP contribution >= 0.6 is 0 Å². The Morgan fingerprint density at radius 2 is 1.45 bits per heavy atom. The van der Waals surface area contributed by atoms with Gasteiger partial charge in [-0.2, -0.15) is 0 Å². The van der Waals surface area contributed by atoms with E-state index in [1.807, 2.05) is 30.3 Å². The van der Waals surface area contributed by atoms with Crippen molar-refractivity contribution in [3.63, 3.8) is 0 Å². The predicted octanol–water partition coefficient (Wildman–Crippen LogP) is 4.74. The first-order chi connectivity index (χ1) is 9.84. The lowest BCUT2D eigenvalue weighted by Gasteiger charge is -2.06. The van der Waals surface area contributed by atoms with Crippen LogP contribution in [0.15, 0.2) is 66.7 Å². The first-order valence-electron chi connectivity index (χ1n) is 6.86. The molecular weight excluding hydrogens is 240 g/mol. The van der Waals surface area contributed by atoms with Gasteiger partial charge in [-0.1, -0.05) is 66.4 Å². The molecule has 3 aromatic carbocycles. The van der Waals surface area contributed by atoms with E-state index in [9.17, 15) is 0 Å². The van der Waals surface area contributed by atoms with Crippen LogP contribution in [0.2, 0.25) is 0 Å². The van der Waals surface area contributed by atoms with Gasteiger partial charge in [0.25, 0.3) is 0 Å². The molecule has 0 aliphatic heterocycles. The van der Waals surface area contributed by atoms with Gasteiger partial charge in [0.1, 0.15) is 0 Å². The smallest absolute Gasteiger partial charge is 0.0350 e. The Kier molecular flexibility index (Phi) is 3.52. The Morgan fingerprint density at radius 3 is 2.25 bits per heavy atom. The third kappa shape index (κ3) is 2.58. The second-order valence-corrected chi connectivity index (χ2v) is 4.93. The van der Waals surface area contributed by atoms with Crippen molar-refractivity contribution in [3.05, 3.63) is 83.4 Å². The van der Waals surface area contributed by atoms with E-state index in [0.29, 0.717) is 0 Å². The van der Waals surface area contributed by atoms with Crippen LogP contribution in [0, 0.1) is 18.8 Å². The summed E-state index contributed by atoms with van der Waals surface area (Å²) in [6, 6.07) is 23.1. The fraction of sp³-hybridized carbons (Fsp3) is 0.100. The second-order valence-electron chi connectivity index (χ2n) is 4.93. The van der Waals surface area contributed by atoms with Crippen molar-refractivity contribution in [2.75, 3.05) is 0 Å². The molecule has 0 saturated carbocycles. The summed E-state index contributed by atoms with van der Waals surface area (Å²) in [7, 11) is 0. The van der Waals surface area contributed by atoms with Gasteiger partial charge in [0, 0.05) is 12.0 Å². The van der Waals surface area contributed by atoms with Gasteiger partial charge in [-0.3, -0.25) is 0 Å². The van der Waals surface area contributed by atoms with Crippen molar-refractivity contribution < 1.29 is 0 Å². The summed E-state index contributed by atoms with van der Waals surface area (Å²) < 4.78 is 0. The molecule has 0 fully saturated rings. The normalized spacial score (nSPS) is 10.1. The van der Waals surface area contributed by atoms with Gasteiger partial charge in [0.2, 0.25) is 0 Å². The molecule has 20 heavy (non-hydrogen) atoms. The number of hydrogen-bond donors (Lipinski definition) is 0. The molecule has 0 bridgehead atoms. The summed E-state index contributed by atoms with van der Waals surface area (Å²) >= 11 is 0. The standard InChI is InChI=1S/C20H16/c1-16-14-15-18(20-13-6-5-12-19(16)20)11-7-10-17-8-3-2-4-9-17/h2-6,8-9,12-15H,11H2,1H3. The summed E-state index contributed by atoms with van der Waals surface area (Å²) in [6.07, 6.45) is 0.787. The summed E-state index contributed by atoms with van der Waals surface area (Å²) in [5.74, 6) is 6.50. The summed E-state index contributed by atoms with van der Waals surface area (Å²) in [4.78, 5) is 0. The Labute approximate surface area is 120 Å². The summed E-state index contributed by atoms with van der Waals surface area (Å²) in [6.45, 7) is 2.15. The number of rotatable bonds is 1. The van der Waals surface area contributed by atoms with Crippen LogP contribution < -0.4 is 0 Å². The first-order valence-corrected chi connectivity index (χ1v) is 6.86. The average Bonchev–Trinajstić information content (AvgIpc) is 2.51. The lowest BCUT2D eigenvalue weighted by Crippen LogP contribution is -1.87. The number of fused-ring (bicyclic) bond motifs is 1. The molecule has 0 aliphatic carbocycles. The largest absolute Gasteiger partial charge is 0.0931 e. The quantitative estimate of drug-likeness (QED) is 0.551. The maximum atomic E-state index is 3.28. The Bertz CT molecular complexity index is 786. The van der Waals surface area contributed by atoms with Gasteiger partial charge in [0.05, 0.1) is 0 Å². The van der Waals surface area contributed by atoms with Gasteiger partial charge in [-0.15, -0.1) is 0 Å². The van der Waals surface area contributed by atoms with E-state index >= 15 is 0 Å². The molecule has 0 N–H and O–H groups in total. The van der Waals surface area contributed by atoms with Crippen LogP contribution in [0.5, 0.6) is 0 Å².